The van der Waals surface area contributed by atoms with Crippen molar-refractivity contribution >= 4 is 24.8 Å². The maximum absolute atomic E-state index is 13.5. The summed E-state index contributed by atoms with van der Waals surface area (Å²) in [5.74, 6) is 0.479. The van der Waals surface area contributed by atoms with Crippen LogP contribution in [0.4, 0.5) is 0 Å². The Morgan fingerprint density at radius 1 is 1.04 bits per heavy atom. The molecule has 0 saturated carbocycles. The zero-order valence-corrected chi connectivity index (χ0v) is 16.9. The van der Waals surface area contributed by atoms with Gasteiger partial charge in [0, 0.05) is 27.1 Å². The van der Waals surface area contributed by atoms with Gasteiger partial charge in [-0.05, 0) is 35.5 Å². The van der Waals surface area contributed by atoms with Crippen LogP contribution in [0.15, 0.2) is 54.6 Å². The summed E-state index contributed by atoms with van der Waals surface area (Å²) in [6.07, 6.45) is 0.604. The van der Waals surface area contributed by atoms with Gasteiger partial charge < -0.3 is 14.2 Å². The van der Waals surface area contributed by atoms with E-state index >= 15 is 0 Å². The number of methoxy groups -OCH3 is 1. The molecule has 2 unspecified atom stereocenters. The van der Waals surface area contributed by atoms with Crippen LogP contribution >= 0.6 is 19.7 Å². The van der Waals surface area contributed by atoms with Crippen LogP contribution in [0.1, 0.15) is 11.1 Å². The topological polar surface area (TPSA) is 42.0 Å². The first-order valence-corrected chi connectivity index (χ1v) is 10.4. The molecular weight excluding hydrogens is 367 g/mol. The van der Waals surface area contributed by atoms with Crippen molar-refractivity contribution in [3.8, 4) is 5.75 Å². The van der Waals surface area contributed by atoms with Crippen molar-refractivity contribution in [1.29, 1.82) is 0 Å². The molecule has 2 atom stereocenters. The van der Waals surface area contributed by atoms with E-state index in [9.17, 15) is 4.57 Å². The molecule has 138 valence electrons. The Morgan fingerprint density at radius 3 is 2.27 bits per heavy atom. The van der Waals surface area contributed by atoms with Crippen molar-refractivity contribution in [2.24, 2.45) is 0 Å². The van der Waals surface area contributed by atoms with Crippen LogP contribution in [0.2, 0.25) is 0 Å². The third-order valence-electron chi connectivity index (χ3n) is 4.71. The van der Waals surface area contributed by atoms with Crippen molar-refractivity contribution in [3.05, 3.63) is 65.7 Å². The SMILES string of the molecule is COc1ccc(CN2C(=S)N(C)P(=O)(OC)C2Cc2ccccc2)cc1. The van der Waals surface area contributed by atoms with Crippen molar-refractivity contribution < 1.29 is 13.8 Å². The lowest BCUT2D eigenvalue weighted by molar-refractivity contribution is 0.328. The van der Waals surface area contributed by atoms with Crippen LogP contribution in [0.3, 0.4) is 0 Å². The average molecular weight is 390 g/mol. The van der Waals surface area contributed by atoms with Gasteiger partial charge in [-0.2, -0.15) is 0 Å². The molecule has 0 aliphatic carbocycles. The molecule has 0 radical (unpaired) electrons. The standard InChI is InChI=1S/C19H23N2O3PS/c1-20-19(26)21(14-16-9-11-17(23-2)12-10-16)18(25(20,22)24-3)13-15-7-5-4-6-8-15/h4-12,18H,13-14H2,1-3H3. The molecule has 1 heterocycles. The van der Waals surface area contributed by atoms with Gasteiger partial charge in [-0.15, -0.1) is 0 Å². The summed E-state index contributed by atoms with van der Waals surface area (Å²) in [5.41, 5.74) is 2.18. The Morgan fingerprint density at radius 2 is 1.69 bits per heavy atom. The van der Waals surface area contributed by atoms with Gasteiger partial charge in [0.05, 0.1) is 7.11 Å². The molecule has 1 aliphatic rings. The molecule has 3 rings (SSSR count). The third kappa shape index (κ3) is 3.50. The van der Waals surface area contributed by atoms with E-state index in [1.54, 1.807) is 18.8 Å². The van der Waals surface area contributed by atoms with E-state index in [1.807, 2.05) is 59.5 Å². The Labute approximate surface area is 160 Å². The molecule has 0 aromatic heterocycles. The number of ether oxygens (including phenoxy) is 1. The van der Waals surface area contributed by atoms with Crippen LogP contribution in [0, 0.1) is 0 Å². The Hall–Kier alpha value is -1.88. The molecule has 1 fully saturated rings. The highest BCUT2D eigenvalue weighted by Gasteiger charge is 2.51. The van der Waals surface area contributed by atoms with E-state index in [1.165, 1.54) is 7.11 Å². The Bertz CT molecular complexity index is 813. The minimum Gasteiger partial charge on any atom is -0.497 e. The zero-order valence-electron chi connectivity index (χ0n) is 15.2. The molecule has 1 saturated heterocycles. The molecule has 5 nitrogen and oxygen atoms in total. The Kier molecular flexibility index (Phi) is 5.66. The van der Waals surface area contributed by atoms with Gasteiger partial charge >= 0.3 is 7.52 Å². The fraction of sp³-hybridized carbons (Fsp3) is 0.316. The molecule has 7 heteroatoms. The third-order valence-corrected chi connectivity index (χ3v) is 8.12. The van der Waals surface area contributed by atoms with E-state index in [4.69, 9.17) is 21.5 Å². The molecule has 2 aromatic carbocycles. The predicted molar refractivity (Wildman–Crippen MR) is 107 cm³/mol. The fourth-order valence-corrected chi connectivity index (χ4v) is 6.04. The maximum Gasteiger partial charge on any atom is 0.320 e. The minimum absolute atomic E-state index is 0.325. The van der Waals surface area contributed by atoms with Gasteiger partial charge in [0.15, 0.2) is 5.11 Å². The molecule has 0 N–H and O–H groups in total. The first kappa shape index (κ1) is 18.9. The molecule has 0 spiro atoms. The van der Waals surface area contributed by atoms with Crippen LogP contribution < -0.4 is 4.74 Å². The summed E-state index contributed by atoms with van der Waals surface area (Å²) in [6, 6.07) is 17.8. The van der Waals surface area contributed by atoms with Crippen molar-refractivity contribution in [1.82, 2.24) is 9.57 Å². The maximum atomic E-state index is 13.5. The van der Waals surface area contributed by atoms with Gasteiger partial charge in [-0.1, -0.05) is 42.5 Å². The van der Waals surface area contributed by atoms with Crippen LogP contribution in [0.5, 0.6) is 5.75 Å². The lowest BCUT2D eigenvalue weighted by atomic mass is 10.1. The number of nitrogens with zero attached hydrogens (tertiary/aromatic N) is 2. The van der Waals surface area contributed by atoms with Crippen LogP contribution in [0.25, 0.3) is 0 Å². The quantitative estimate of drug-likeness (QED) is 0.546. The highest BCUT2D eigenvalue weighted by molar-refractivity contribution is 7.81. The van der Waals surface area contributed by atoms with E-state index in [0.29, 0.717) is 18.1 Å². The summed E-state index contributed by atoms with van der Waals surface area (Å²) in [5, 5.41) is 0.548. The van der Waals surface area contributed by atoms with Gasteiger partial charge in [0.1, 0.15) is 11.5 Å². The van der Waals surface area contributed by atoms with Gasteiger partial charge in [0.25, 0.3) is 0 Å². The first-order chi connectivity index (χ1) is 12.5. The predicted octanol–water partition coefficient (Wildman–Crippen LogP) is 4.14. The van der Waals surface area contributed by atoms with Crippen molar-refractivity contribution in [2.45, 2.75) is 18.7 Å². The second-order valence-corrected chi connectivity index (χ2v) is 9.25. The van der Waals surface area contributed by atoms with Gasteiger partial charge in [-0.25, -0.2) is 0 Å². The highest BCUT2D eigenvalue weighted by atomic mass is 32.1. The summed E-state index contributed by atoms with van der Waals surface area (Å²) >= 11 is 5.59. The smallest absolute Gasteiger partial charge is 0.320 e. The van der Waals surface area contributed by atoms with Crippen LogP contribution in [-0.2, 0) is 22.1 Å². The van der Waals surface area contributed by atoms with Gasteiger partial charge in [0.2, 0.25) is 0 Å². The summed E-state index contributed by atoms with van der Waals surface area (Å²) in [4.78, 5) is 2.01. The van der Waals surface area contributed by atoms with E-state index < -0.39 is 7.52 Å². The molecule has 0 amide bonds. The van der Waals surface area contributed by atoms with Crippen molar-refractivity contribution in [3.63, 3.8) is 0 Å². The minimum atomic E-state index is -3.09. The second-order valence-electron chi connectivity index (χ2n) is 6.20. The zero-order chi connectivity index (χ0) is 18.7. The fourth-order valence-electron chi connectivity index (χ4n) is 3.20. The van der Waals surface area contributed by atoms with E-state index in [0.717, 1.165) is 16.9 Å². The molecule has 2 aromatic rings. The monoisotopic (exact) mass is 390 g/mol. The lowest BCUT2D eigenvalue weighted by Crippen LogP contribution is -2.34. The van der Waals surface area contributed by atoms with E-state index in [2.05, 4.69) is 0 Å². The highest BCUT2D eigenvalue weighted by Crippen LogP contribution is 2.61. The largest absolute Gasteiger partial charge is 0.497 e. The summed E-state index contributed by atoms with van der Waals surface area (Å²) in [7, 11) is 1.80. The van der Waals surface area contributed by atoms with Crippen molar-refractivity contribution in [2.75, 3.05) is 21.3 Å². The number of thiocarbonyl (C=S) groups is 1. The molecule has 0 bridgehead atoms. The molecule has 26 heavy (non-hydrogen) atoms. The summed E-state index contributed by atoms with van der Waals surface area (Å²) in [6.45, 7) is 0.567. The number of hydrogen-bond donors (Lipinski definition) is 0. The first-order valence-electron chi connectivity index (χ1n) is 8.36. The van der Waals surface area contributed by atoms with Crippen LogP contribution in [-0.4, -0.2) is 41.7 Å². The summed E-state index contributed by atoms with van der Waals surface area (Å²) < 4.78 is 25.9. The van der Waals surface area contributed by atoms with E-state index in [-0.39, 0.29) is 5.78 Å². The number of hydrogen-bond acceptors (Lipinski definition) is 4. The normalized spacial score (nSPS) is 22.7. The Balaban J connectivity index is 1.91. The van der Waals surface area contributed by atoms with Gasteiger partial charge in [-0.3, -0.25) is 9.24 Å². The lowest BCUT2D eigenvalue weighted by Gasteiger charge is -2.26. The second kappa shape index (κ2) is 7.78. The molecular formula is C19H23N2O3PS. The number of benzene rings is 2. The number of rotatable bonds is 6. The molecule has 1 aliphatic heterocycles. The average Bonchev–Trinajstić information content (AvgIpc) is 2.85.